The molecule has 0 bridgehead atoms. The molecule has 8 heteroatoms. The van der Waals surface area contributed by atoms with E-state index in [1.165, 1.54) is 6.07 Å². The van der Waals surface area contributed by atoms with E-state index in [1.807, 2.05) is 12.1 Å². The summed E-state index contributed by atoms with van der Waals surface area (Å²) in [4.78, 5) is 41.6. The van der Waals surface area contributed by atoms with Crippen molar-refractivity contribution in [1.29, 1.82) is 0 Å². The highest BCUT2D eigenvalue weighted by molar-refractivity contribution is 6.05. The molecule has 2 fully saturated rings. The maximum Gasteiger partial charge on any atom is 0.255 e. The second-order valence-electron chi connectivity index (χ2n) is 10.0. The van der Waals surface area contributed by atoms with Gasteiger partial charge in [-0.1, -0.05) is 37.1 Å². The minimum Gasteiger partial charge on any atom is -0.322 e. The van der Waals surface area contributed by atoms with E-state index in [0.717, 1.165) is 43.2 Å². The SMILES string of the molecule is [C-]#[N+]c1ccc(CN[C@H]2CCCC[C@@H]2Cc2ccc3c(c2)CN(C2CCC(=O)NC2=O)C3=O)c(F)c1. The van der Waals surface area contributed by atoms with Crippen molar-refractivity contribution < 1.29 is 18.8 Å². The maximum atomic E-state index is 14.3. The molecule has 2 aromatic rings. The van der Waals surface area contributed by atoms with Gasteiger partial charge in [0.15, 0.2) is 5.69 Å². The average molecular weight is 489 g/mol. The molecule has 3 aliphatic rings. The zero-order valence-electron chi connectivity index (χ0n) is 20.1. The number of nitrogens with zero attached hydrogens (tertiary/aromatic N) is 2. The molecule has 2 aromatic carbocycles. The van der Waals surface area contributed by atoms with Gasteiger partial charge in [0.05, 0.1) is 6.57 Å². The van der Waals surface area contributed by atoms with Crippen LogP contribution in [0.15, 0.2) is 36.4 Å². The highest BCUT2D eigenvalue weighted by Gasteiger charge is 2.39. The lowest BCUT2D eigenvalue weighted by atomic mass is 9.80. The highest BCUT2D eigenvalue weighted by Crippen LogP contribution is 2.32. The molecule has 0 spiro atoms. The Balaban J connectivity index is 1.25. The van der Waals surface area contributed by atoms with Crippen LogP contribution < -0.4 is 10.6 Å². The summed E-state index contributed by atoms with van der Waals surface area (Å²) in [5.74, 6) is -0.808. The quantitative estimate of drug-likeness (QED) is 0.475. The number of halogens is 1. The van der Waals surface area contributed by atoms with Gasteiger partial charge in [-0.05, 0) is 60.4 Å². The van der Waals surface area contributed by atoms with Gasteiger partial charge in [-0.25, -0.2) is 9.24 Å². The number of hydrogen-bond donors (Lipinski definition) is 2. The molecule has 3 amide bonds. The number of rotatable bonds is 6. The number of fused-ring (bicyclic) bond motifs is 1. The lowest BCUT2D eigenvalue weighted by Crippen LogP contribution is -2.52. The number of carbonyl (C=O) groups excluding carboxylic acids is 3. The average Bonchev–Trinajstić information content (AvgIpc) is 3.19. The Kier molecular flexibility index (Phi) is 6.84. The van der Waals surface area contributed by atoms with E-state index in [9.17, 15) is 18.8 Å². The minimum absolute atomic E-state index is 0.158. The molecule has 1 aliphatic carbocycles. The van der Waals surface area contributed by atoms with Crippen LogP contribution in [0.4, 0.5) is 10.1 Å². The third kappa shape index (κ3) is 4.89. The number of amides is 3. The van der Waals surface area contributed by atoms with Crippen LogP contribution in [0, 0.1) is 18.3 Å². The number of carbonyl (C=O) groups is 3. The number of hydrogen-bond acceptors (Lipinski definition) is 4. The molecule has 0 radical (unpaired) electrons. The second kappa shape index (κ2) is 10.2. The minimum atomic E-state index is -0.609. The van der Waals surface area contributed by atoms with Gasteiger partial charge in [0.2, 0.25) is 11.8 Å². The number of benzene rings is 2. The van der Waals surface area contributed by atoms with Gasteiger partial charge in [0.1, 0.15) is 11.9 Å². The van der Waals surface area contributed by atoms with E-state index < -0.39 is 11.9 Å². The topological polar surface area (TPSA) is 82.9 Å². The van der Waals surface area contributed by atoms with Gasteiger partial charge in [-0.2, -0.15) is 0 Å². The molecule has 1 saturated carbocycles. The number of piperidine rings is 1. The van der Waals surface area contributed by atoms with Crippen LogP contribution in [0.5, 0.6) is 0 Å². The van der Waals surface area contributed by atoms with Crippen molar-refractivity contribution in [2.45, 2.75) is 70.1 Å². The smallest absolute Gasteiger partial charge is 0.255 e. The van der Waals surface area contributed by atoms with Crippen LogP contribution in [0.1, 0.15) is 65.6 Å². The molecular formula is C28H29FN4O3. The van der Waals surface area contributed by atoms with Gasteiger partial charge < -0.3 is 10.2 Å². The van der Waals surface area contributed by atoms with Gasteiger partial charge in [0.25, 0.3) is 5.91 Å². The molecule has 2 heterocycles. The molecule has 1 unspecified atom stereocenters. The Morgan fingerprint density at radius 2 is 1.92 bits per heavy atom. The largest absolute Gasteiger partial charge is 0.322 e. The molecule has 1 saturated heterocycles. The summed E-state index contributed by atoms with van der Waals surface area (Å²) in [6.07, 6.45) is 5.85. The molecule has 7 nitrogen and oxygen atoms in total. The molecule has 36 heavy (non-hydrogen) atoms. The highest BCUT2D eigenvalue weighted by atomic mass is 19.1. The van der Waals surface area contributed by atoms with Crippen molar-refractivity contribution in [3.63, 3.8) is 0 Å². The van der Waals surface area contributed by atoms with Gasteiger partial charge in [0, 0.05) is 31.1 Å². The van der Waals surface area contributed by atoms with Gasteiger partial charge in [-0.3, -0.25) is 19.7 Å². The Bertz CT molecular complexity index is 1250. The predicted octanol–water partition coefficient (Wildman–Crippen LogP) is 4.03. The zero-order valence-corrected chi connectivity index (χ0v) is 20.1. The third-order valence-electron chi connectivity index (χ3n) is 7.72. The number of nitrogens with one attached hydrogen (secondary N) is 2. The lowest BCUT2D eigenvalue weighted by molar-refractivity contribution is -0.136. The first-order valence-electron chi connectivity index (χ1n) is 12.6. The van der Waals surface area contributed by atoms with Crippen molar-refractivity contribution in [2.75, 3.05) is 0 Å². The van der Waals surface area contributed by atoms with Crippen molar-refractivity contribution in [2.24, 2.45) is 5.92 Å². The molecule has 0 aromatic heterocycles. The molecular weight excluding hydrogens is 459 g/mol. The summed E-state index contributed by atoms with van der Waals surface area (Å²) in [5, 5.41) is 5.89. The molecule has 186 valence electrons. The Labute approximate surface area is 209 Å². The van der Waals surface area contributed by atoms with E-state index in [0.29, 0.717) is 42.2 Å². The summed E-state index contributed by atoms with van der Waals surface area (Å²) >= 11 is 0. The number of imide groups is 1. The summed E-state index contributed by atoms with van der Waals surface area (Å²) in [5.41, 5.74) is 3.57. The normalized spacial score (nSPS) is 23.8. The van der Waals surface area contributed by atoms with E-state index >= 15 is 0 Å². The van der Waals surface area contributed by atoms with E-state index in [-0.39, 0.29) is 30.1 Å². The fraction of sp³-hybridized carbons (Fsp3) is 0.429. The first-order valence-corrected chi connectivity index (χ1v) is 12.6. The predicted molar refractivity (Wildman–Crippen MR) is 131 cm³/mol. The second-order valence-corrected chi connectivity index (χ2v) is 10.0. The summed E-state index contributed by atoms with van der Waals surface area (Å²) in [6.45, 7) is 7.83. The van der Waals surface area contributed by atoms with Crippen molar-refractivity contribution in [1.82, 2.24) is 15.5 Å². The maximum absolute atomic E-state index is 14.3. The first-order chi connectivity index (χ1) is 17.4. The molecule has 2 N–H and O–H groups in total. The van der Waals surface area contributed by atoms with Crippen LogP contribution >= 0.6 is 0 Å². The van der Waals surface area contributed by atoms with Crippen LogP contribution in [0.3, 0.4) is 0 Å². The Morgan fingerprint density at radius 1 is 1.08 bits per heavy atom. The van der Waals surface area contributed by atoms with E-state index in [2.05, 4.69) is 21.5 Å². The Morgan fingerprint density at radius 3 is 2.69 bits per heavy atom. The van der Waals surface area contributed by atoms with E-state index in [1.54, 1.807) is 17.0 Å². The molecule has 3 atom stereocenters. The van der Waals surface area contributed by atoms with Crippen molar-refractivity contribution >= 4 is 23.4 Å². The fourth-order valence-electron chi connectivity index (χ4n) is 5.77. The summed E-state index contributed by atoms with van der Waals surface area (Å²) in [6, 6.07) is 10.2. The van der Waals surface area contributed by atoms with E-state index in [4.69, 9.17) is 6.57 Å². The van der Waals surface area contributed by atoms with Crippen molar-refractivity contribution in [3.05, 3.63) is 75.9 Å². The zero-order chi connectivity index (χ0) is 25.2. The fourth-order valence-corrected chi connectivity index (χ4v) is 5.77. The van der Waals surface area contributed by atoms with Gasteiger partial charge >= 0.3 is 0 Å². The third-order valence-corrected chi connectivity index (χ3v) is 7.72. The van der Waals surface area contributed by atoms with Gasteiger partial charge in [-0.15, -0.1) is 0 Å². The first kappa shape index (κ1) is 24.1. The summed E-state index contributed by atoms with van der Waals surface area (Å²) in [7, 11) is 0. The standard InChI is InChI=1S/C28H29FN4O3/c1-30-21-8-7-19(23(29)14-21)15-31-24-5-3-2-4-18(24)12-17-6-9-22-20(13-17)16-33(28(22)36)25-10-11-26(34)32-27(25)35/h6-9,13-14,18,24-25,31H,2-5,10-12,15-16H2,(H,32,34,35)/t18-,24+,25?/m1/s1. The molecule has 5 rings (SSSR count). The lowest BCUT2D eigenvalue weighted by Gasteiger charge is -2.33. The van der Waals surface area contributed by atoms with Crippen LogP contribution in [0.2, 0.25) is 0 Å². The van der Waals surface area contributed by atoms with Crippen LogP contribution in [-0.2, 0) is 29.1 Å². The molecule has 2 aliphatic heterocycles. The van der Waals surface area contributed by atoms with Crippen LogP contribution in [0.25, 0.3) is 4.85 Å². The Hall–Kier alpha value is -3.57. The van der Waals surface area contributed by atoms with Crippen LogP contribution in [-0.4, -0.2) is 34.7 Å². The monoisotopic (exact) mass is 488 g/mol. The van der Waals surface area contributed by atoms with Crippen molar-refractivity contribution in [3.8, 4) is 0 Å². The summed E-state index contributed by atoms with van der Waals surface area (Å²) < 4.78 is 14.3.